The van der Waals surface area contributed by atoms with Gasteiger partial charge >= 0.3 is 0 Å². The maximum absolute atomic E-state index is 5.58. The molecule has 14 heavy (non-hydrogen) atoms. The summed E-state index contributed by atoms with van der Waals surface area (Å²) in [5.74, 6) is 1.26. The molecular weight excluding hydrogens is 178 g/mol. The Bertz CT molecular complexity index is 295. The van der Waals surface area contributed by atoms with E-state index in [1.165, 1.54) is 5.56 Å². The molecule has 0 spiro atoms. The number of nitrogens with zero attached hydrogens (tertiary/aromatic N) is 1. The van der Waals surface area contributed by atoms with Gasteiger partial charge in [0.2, 0.25) is 5.88 Å². The van der Waals surface area contributed by atoms with Gasteiger partial charge < -0.3 is 9.47 Å². The molecule has 0 aliphatic carbocycles. The van der Waals surface area contributed by atoms with Crippen LogP contribution in [0.15, 0.2) is 18.3 Å². The van der Waals surface area contributed by atoms with Crippen LogP contribution in [0.2, 0.25) is 0 Å². The van der Waals surface area contributed by atoms with Gasteiger partial charge in [-0.3, -0.25) is 0 Å². The van der Waals surface area contributed by atoms with Crippen LogP contribution in [0.1, 0.15) is 12.0 Å². The van der Waals surface area contributed by atoms with E-state index < -0.39 is 0 Å². The van der Waals surface area contributed by atoms with E-state index in [2.05, 4.69) is 4.98 Å². The Hall–Kier alpha value is -1.09. The Morgan fingerprint density at radius 2 is 2.57 bits per heavy atom. The van der Waals surface area contributed by atoms with E-state index in [0.29, 0.717) is 5.92 Å². The number of hydrogen-bond acceptors (Lipinski definition) is 3. The van der Waals surface area contributed by atoms with Crippen molar-refractivity contribution < 1.29 is 9.47 Å². The van der Waals surface area contributed by atoms with Crippen molar-refractivity contribution in [2.45, 2.75) is 13.3 Å². The third kappa shape index (κ3) is 2.45. The van der Waals surface area contributed by atoms with Crippen LogP contribution in [0.3, 0.4) is 0 Å². The van der Waals surface area contributed by atoms with E-state index in [1.54, 1.807) is 6.20 Å². The fourth-order valence-corrected chi connectivity index (χ4v) is 1.51. The third-order valence-electron chi connectivity index (χ3n) is 2.38. The molecule has 0 saturated carbocycles. The number of aromatic nitrogens is 1. The summed E-state index contributed by atoms with van der Waals surface area (Å²) < 4.78 is 10.8. The van der Waals surface area contributed by atoms with Gasteiger partial charge in [0.1, 0.15) is 0 Å². The molecule has 1 aliphatic heterocycles. The molecule has 0 radical (unpaired) electrons. The molecule has 3 nitrogen and oxygen atoms in total. The lowest BCUT2D eigenvalue weighted by molar-refractivity contribution is 0.165. The van der Waals surface area contributed by atoms with Crippen molar-refractivity contribution in [1.29, 1.82) is 0 Å². The summed E-state index contributed by atoms with van der Waals surface area (Å²) >= 11 is 0. The topological polar surface area (TPSA) is 31.4 Å². The summed E-state index contributed by atoms with van der Waals surface area (Å²) in [5, 5.41) is 0. The average molecular weight is 193 g/mol. The minimum atomic E-state index is 0.539. The number of hydrogen-bond donors (Lipinski definition) is 0. The molecule has 76 valence electrons. The molecule has 1 aromatic heterocycles. The zero-order valence-corrected chi connectivity index (χ0v) is 8.40. The fraction of sp³-hybridized carbons (Fsp3) is 0.545. The second-order valence-corrected chi connectivity index (χ2v) is 3.71. The zero-order chi connectivity index (χ0) is 9.80. The molecule has 1 unspecified atom stereocenters. The minimum Gasteiger partial charge on any atom is -0.477 e. The van der Waals surface area contributed by atoms with E-state index >= 15 is 0 Å². The molecule has 3 heteroatoms. The lowest BCUT2D eigenvalue weighted by atomic mass is 10.1. The van der Waals surface area contributed by atoms with Crippen molar-refractivity contribution in [3.63, 3.8) is 0 Å². The van der Waals surface area contributed by atoms with Crippen molar-refractivity contribution in [3.05, 3.63) is 23.9 Å². The molecule has 1 aromatic rings. The lowest BCUT2D eigenvalue weighted by Gasteiger charge is -2.09. The summed E-state index contributed by atoms with van der Waals surface area (Å²) in [5.41, 5.74) is 1.18. The van der Waals surface area contributed by atoms with Crippen molar-refractivity contribution >= 4 is 0 Å². The van der Waals surface area contributed by atoms with Crippen LogP contribution in [0, 0.1) is 12.8 Å². The van der Waals surface area contributed by atoms with Gasteiger partial charge in [0.15, 0.2) is 0 Å². The molecule has 0 N–H and O–H groups in total. The van der Waals surface area contributed by atoms with Crippen LogP contribution >= 0.6 is 0 Å². The molecule has 1 atom stereocenters. The predicted molar refractivity (Wildman–Crippen MR) is 53.4 cm³/mol. The lowest BCUT2D eigenvalue weighted by Crippen LogP contribution is -2.12. The van der Waals surface area contributed by atoms with E-state index in [4.69, 9.17) is 9.47 Å². The van der Waals surface area contributed by atoms with Gasteiger partial charge in [0.25, 0.3) is 0 Å². The first-order chi connectivity index (χ1) is 6.84. The van der Waals surface area contributed by atoms with E-state index in [-0.39, 0.29) is 0 Å². The van der Waals surface area contributed by atoms with E-state index in [1.807, 2.05) is 19.1 Å². The highest BCUT2D eigenvalue weighted by molar-refractivity contribution is 5.18. The van der Waals surface area contributed by atoms with Crippen LogP contribution in [0.4, 0.5) is 0 Å². The summed E-state index contributed by atoms with van der Waals surface area (Å²) in [6.07, 6.45) is 2.88. The number of aryl methyl sites for hydroxylation is 1. The average Bonchev–Trinajstić information content (AvgIpc) is 2.67. The predicted octanol–water partition coefficient (Wildman–Crippen LogP) is 1.81. The largest absolute Gasteiger partial charge is 0.477 e. The summed E-state index contributed by atoms with van der Waals surface area (Å²) in [7, 11) is 0. The standard InChI is InChI=1S/C11H15NO2/c1-9-2-4-12-11(6-9)14-8-10-3-5-13-7-10/h2,4,6,10H,3,5,7-8H2,1H3. The van der Waals surface area contributed by atoms with Crippen LogP contribution in [0.5, 0.6) is 5.88 Å². The van der Waals surface area contributed by atoms with Crippen molar-refractivity contribution in [2.75, 3.05) is 19.8 Å². The van der Waals surface area contributed by atoms with Crippen LogP contribution in [-0.2, 0) is 4.74 Å². The normalized spacial score (nSPS) is 21.1. The van der Waals surface area contributed by atoms with Gasteiger partial charge in [-0.25, -0.2) is 4.98 Å². The van der Waals surface area contributed by atoms with Crippen molar-refractivity contribution in [1.82, 2.24) is 4.98 Å². The molecule has 1 saturated heterocycles. The Morgan fingerprint density at radius 3 is 3.29 bits per heavy atom. The van der Waals surface area contributed by atoms with Crippen LogP contribution < -0.4 is 4.74 Å². The van der Waals surface area contributed by atoms with Gasteiger partial charge in [0, 0.05) is 24.8 Å². The maximum atomic E-state index is 5.58. The summed E-state index contributed by atoms with van der Waals surface area (Å²) in [6.45, 7) is 4.45. The van der Waals surface area contributed by atoms with Gasteiger partial charge in [-0.05, 0) is 25.0 Å². The molecule has 2 heterocycles. The monoisotopic (exact) mass is 193 g/mol. The minimum absolute atomic E-state index is 0.539. The van der Waals surface area contributed by atoms with Gasteiger partial charge in [-0.15, -0.1) is 0 Å². The summed E-state index contributed by atoms with van der Waals surface area (Å²) in [4.78, 5) is 4.14. The second kappa shape index (κ2) is 4.42. The van der Waals surface area contributed by atoms with Crippen molar-refractivity contribution in [2.24, 2.45) is 5.92 Å². The highest BCUT2D eigenvalue weighted by atomic mass is 16.5. The Morgan fingerprint density at radius 1 is 1.64 bits per heavy atom. The first-order valence-electron chi connectivity index (χ1n) is 4.98. The highest BCUT2D eigenvalue weighted by Crippen LogP contribution is 2.15. The van der Waals surface area contributed by atoms with Crippen molar-refractivity contribution in [3.8, 4) is 5.88 Å². The number of ether oxygens (including phenoxy) is 2. The number of pyridine rings is 1. The highest BCUT2D eigenvalue weighted by Gasteiger charge is 2.16. The maximum Gasteiger partial charge on any atom is 0.213 e. The van der Waals surface area contributed by atoms with Gasteiger partial charge in [0.05, 0.1) is 13.2 Å². The molecule has 1 fully saturated rings. The second-order valence-electron chi connectivity index (χ2n) is 3.71. The molecule has 2 rings (SSSR count). The number of rotatable bonds is 3. The van der Waals surface area contributed by atoms with E-state index in [0.717, 1.165) is 32.1 Å². The van der Waals surface area contributed by atoms with E-state index in [9.17, 15) is 0 Å². The molecule has 0 amide bonds. The van der Waals surface area contributed by atoms with Crippen LogP contribution in [0.25, 0.3) is 0 Å². The molecular formula is C11H15NO2. The zero-order valence-electron chi connectivity index (χ0n) is 8.40. The smallest absolute Gasteiger partial charge is 0.213 e. The first kappa shape index (κ1) is 9.46. The first-order valence-corrected chi connectivity index (χ1v) is 4.98. The SMILES string of the molecule is Cc1ccnc(OCC2CCOC2)c1. The fourth-order valence-electron chi connectivity index (χ4n) is 1.51. The van der Waals surface area contributed by atoms with Gasteiger partial charge in [-0.2, -0.15) is 0 Å². The Kier molecular flexibility index (Phi) is 2.99. The molecule has 0 bridgehead atoms. The molecule has 0 aromatic carbocycles. The Labute approximate surface area is 84.1 Å². The van der Waals surface area contributed by atoms with Crippen LogP contribution in [-0.4, -0.2) is 24.8 Å². The Balaban J connectivity index is 1.85. The third-order valence-corrected chi connectivity index (χ3v) is 2.38. The quantitative estimate of drug-likeness (QED) is 0.733. The molecule has 1 aliphatic rings. The summed E-state index contributed by atoms with van der Waals surface area (Å²) in [6, 6.07) is 3.92. The van der Waals surface area contributed by atoms with Gasteiger partial charge in [-0.1, -0.05) is 0 Å².